The molecule has 2 atom stereocenters. The van der Waals surface area contributed by atoms with E-state index in [0.717, 1.165) is 30.8 Å². The van der Waals surface area contributed by atoms with Crippen LogP contribution in [0.3, 0.4) is 0 Å². The summed E-state index contributed by atoms with van der Waals surface area (Å²) in [5.74, 6) is 0.0782. The van der Waals surface area contributed by atoms with Gasteiger partial charge >= 0.3 is 0 Å². The van der Waals surface area contributed by atoms with Crippen LogP contribution in [0.25, 0.3) is 0 Å². The molecule has 1 heterocycles. The first-order valence-corrected chi connectivity index (χ1v) is 9.39. The van der Waals surface area contributed by atoms with Crippen molar-refractivity contribution >= 4 is 5.91 Å². The van der Waals surface area contributed by atoms with Crippen LogP contribution in [0.15, 0.2) is 60.7 Å². The zero-order valence-electron chi connectivity index (χ0n) is 15.6. The summed E-state index contributed by atoms with van der Waals surface area (Å²) in [6, 6.07) is 20.1. The molecule has 0 radical (unpaired) electrons. The second-order valence-electron chi connectivity index (χ2n) is 7.09. The van der Waals surface area contributed by atoms with Gasteiger partial charge in [-0.05, 0) is 25.0 Å². The Hall–Kier alpha value is -2.17. The maximum absolute atomic E-state index is 12.6. The van der Waals surface area contributed by atoms with Crippen LogP contribution in [-0.2, 0) is 9.53 Å². The van der Waals surface area contributed by atoms with E-state index in [-0.39, 0.29) is 24.2 Å². The van der Waals surface area contributed by atoms with Gasteiger partial charge < -0.3 is 10.1 Å². The molecule has 1 amide bonds. The van der Waals surface area contributed by atoms with E-state index in [1.807, 2.05) is 36.4 Å². The maximum Gasteiger partial charge on any atom is 0.222 e. The van der Waals surface area contributed by atoms with Crippen molar-refractivity contribution in [2.24, 2.45) is 0 Å². The Kier molecular flexibility index (Phi) is 6.42. The van der Waals surface area contributed by atoms with Crippen LogP contribution in [0, 0.1) is 0 Å². The second kappa shape index (κ2) is 8.97. The van der Waals surface area contributed by atoms with Gasteiger partial charge in [0, 0.05) is 26.1 Å². The van der Waals surface area contributed by atoms with Crippen molar-refractivity contribution in [1.82, 2.24) is 10.2 Å². The number of ether oxygens (including phenoxy) is 1. The van der Waals surface area contributed by atoms with E-state index < -0.39 is 0 Å². The summed E-state index contributed by atoms with van der Waals surface area (Å²) in [4.78, 5) is 15.0. The van der Waals surface area contributed by atoms with E-state index >= 15 is 0 Å². The molecule has 1 fully saturated rings. The van der Waals surface area contributed by atoms with Gasteiger partial charge in [-0.25, -0.2) is 0 Å². The molecule has 0 aliphatic carbocycles. The number of carbonyl (C=O) groups is 1. The number of benzene rings is 2. The molecule has 1 aliphatic heterocycles. The fourth-order valence-corrected chi connectivity index (χ4v) is 3.61. The van der Waals surface area contributed by atoms with Gasteiger partial charge in [0.1, 0.15) is 0 Å². The summed E-state index contributed by atoms with van der Waals surface area (Å²) in [5.41, 5.74) is 2.20. The topological polar surface area (TPSA) is 41.6 Å². The largest absolute Gasteiger partial charge is 0.373 e. The van der Waals surface area contributed by atoms with Crippen LogP contribution in [0.1, 0.15) is 37.4 Å². The molecule has 3 rings (SSSR count). The first-order chi connectivity index (χ1) is 12.6. The number of nitrogens with one attached hydrogen (secondary N) is 1. The SMILES string of the molecule is CC1CN(CCC(=O)NC(c2ccccc2)c2ccccc2)CC(C)O1. The van der Waals surface area contributed by atoms with E-state index in [1.54, 1.807) is 0 Å². The van der Waals surface area contributed by atoms with Crippen molar-refractivity contribution in [2.75, 3.05) is 19.6 Å². The normalized spacial score (nSPS) is 20.9. The Bertz CT molecular complexity index is 640. The number of morpholine rings is 1. The quantitative estimate of drug-likeness (QED) is 0.866. The fraction of sp³-hybridized carbons (Fsp3) is 0.409. The summed E-state index contributed by atoms with van der Waals surface area (Å²) in [6.45, 7) is 6.71. The Morgan fingerprint density at radius 2 is 1.50 bits per heavy atom. The molecule has 0 spiro atoms. The molecule has 138 valence electrons. The van der Waals surface area contributed by atoms with E-state index in [4.69, 9.17) is 4.74 Å². The highest BCUT2D eigenvalue weighted by Gasteiger charge is 2.23. The lowest BCUT2D eigenvalue weighted by Crippen LogP contribution is -2.46. The Balaban J connectivity index is 1.62. The first-order valence-electron chi connectivity index (χ1n) is 9.39. The van der Waals surface area contributed by atoms with Crippen molar-refractivity contribution in [1.29, 1.82) is 0 Å². The lowest BCUT2D eigenvalue weighted by atomic mass is 9.98. The molecule has 0 bridgehead atoms. The van der Waals surface area contributed by atoms with Gasteiger partial charge in [0.2, 0.25) is 5.91 Å². The van der Waals surface area contributed by atoms with Gasteiger partial charge in [-0.1, -0.05) is 60.7 Å². The summed E-state index contributed by atoms with van der Waals surface area (Å²) in [7, 11) is 0. The minimum absolute atomic E-state index is 0.0782. The zero-order chi connectivity index (χ0) is 18.4. The highest BCUT2D eigenvalue weighted by molar-refractivity contribution is 5.77. The van der Waals surface area contributed by atoms with Crippen LogP contribution >= 0.6 is 0 Å². The number of nitrogens with zero attached hydrogens (tertiary/aromatic N) is 1. The molecule has 2 aromatic rings. The average Bonchev–Trinajstić information content (AvgIpc) is 2.65. The maximum atomic E-state index is 12.6. The summed E-state index contributed by atoms with van der Waals surface area (Å²) < 4.78 is 5.76. The summed E-state index contributed by atoms with van der Waals surface area (Å²) in [6.07, 6.45) is 0.946. The third kappa shape index (κ3) is 5.16. The molecular weight excluding hydrogens is 324 g/mol. The van der Waals surface area contributed by atoms with Crippen molar-refractivity contribution in [3.05, 3.63) is 71.8 Å². The summed E-state index contributed by atoms with van der Waals surface area (Å²) in [5, 5.41) is 3.21. The lowest BCUT2D eigenvalue weighted by Gasteiger charge is -2.35. The molecule has 4 heteroatoms. The standard InChI is InChI=1S/C22H28N2O2/c1-17-15-24(16-18(2)26-17)14-13-21(25)23-22(19-9-5-3-6-10-19)20-11-7-4-8-12-20/h3-12,17-18,22H,13-16H2,1-2H3,(H,23,25). The van der Waals surface area contributed by atoms with Crippen LogP contribution in [0.2, 0.25) is 0 Å². The van der Waals surface area contributed by atoms with Crippen molar-refractivity contribution < 1.29 is 9.53 Å². The lowest BCUT2D eigenvalue weighted by molar-refractivity contribution is -0.123. The Morgan fingerprint density at radius 1 is 1.00 bits per heavy atom. The van der Waals surface area contributed by atoms with Gasteiger partial charge in [-0.15, -0.1) is 0 Å². The molecule has 1 saturated heterocycles. The number of rotatable bonds is 6. The molecule has 2 unspecified atom stereocenters. The molecule has 4 nitrogen and oxygen atoms in total. The van der Waals surface area contributed by atoms with Crippen LogP contribution in [-0.4, -0.2) is 42.6 Å². The number of carbonyl (C=O) groups excluding carboxylic acids is 1. The van der Waals surface area contributed by atoms with Crippen LogP contribution in [0.5, 0.6) is 0 Å². The number of amides is 1. The van der Waals surface area contributed by atoms with Gasteiger partial charge in [0.15, 0.2) is 0 Å². The molecule has 1 aliphatic rings. The van der Waals surface area contributed by atoms with E-state index in [9.17, 15) is 4.79 Å². The smallest absolute Gasteiger partial charge is 0.222 e. The molecule has 1 N–H and O–H groups in total. The molecule has 2 aromatic carbocycles. The van der Waals surface area contributed by atoms with Crippen LogP contribution < -0.4 is 5.32 Å². The van der Waals surface area contributed by atoms with Gasteiger partial charge in [0.25, 0.3) is 0 Å². The predicted octanol–water partition coefficient (Wildman–Crippen LogP) is 3.39. The minimum atomic E-state index is -0.118. The highest BCUT2D eigenvalue weighted by Crippen LogP contribution is 2.22. The highest BCUT2D eigenvalue weighted by atomic mass is 16.5. The first kappa shape index (κ1) is 18.6. The molecule has 0 saturated carbocycles. The number of hydrogen-bond donors (Lipinski definition) is 1. The predicted molar refractivity (Wildman–Crippen MR) is 104 cm³/mol. The minimum Gasteiger partial charge on any atom is -0.373 e. The summed E-state index contributed by atoms with van der Waals surface area (Å²) >= 11 is 0. The van der Waals surface area contributed by atoms with Gasteiger partial charge in [0.05, 0.1) is 18.2 Å². The van der Waals surface area contributed by atoms with Crippen molar-refractivity contribution in [3.8, 4) is 0 Å². The van der Waals surface area contributed by atoms with Gasteiger partial charge in [-0.2, -0.15) is 0 Å². The fourth-order valence-electron chi connectivity index (χ4n) is 3.61. The third-order valence-electron chi connectivity index (χ3n) is 4.72. The van der Waals surface area contributed by atoms with E-state index in [0.29, 0.717) is 6.42 Å². The average molecular weight is 352 g/mol. The monoisotopic (exact) mass is 352 g/mol. The Morgan fingerprint density at radius 3 is 2.00 bits per heavy atom. The van der Waals surface area contributed by atoms with Crippen LogP contribution in [0.4, 0.5) is 0 Å². The Labute approximate surface area is 156 Å². The number of hydrogen-bond acceptors (Lipinski definition) is 3. The third-order valence-corrected chi connectivity index (χ3v) is 4.72. The van der Waals surface area contributed by atoms with E-state index in [2.05, 4.69) is 48.3 Å². The van der Waals surface area contributed by atoms with Crippen molar-refractivity contribution in [3.63, 3.8) is 0 Å². The molecule has 0 aromatic heterocycles. The zero-order valence-corrected chi connectivity index (χ0v) is 15.6. The van der Waals surface area contributed by atoms with Gasteiger partial charge in [-0.3, -0.25) is 9.69 Å². The van der Waals surface area contributed by atoms with Crippen molar-refractivity contribution in [2.45, 2.75) is 38.5 Å². The molecular formula is C22H28N2O2. The molecule has 26 heavy (non-hydrogen) atoms. The second-order valence-corrected chi connectivity index (χ2v) is 7.09. The van der Waals surface area contributed by atoms with E-state index in [1.165, 1.54) is 0 Å².